The van der Waals surface area contributed by atoms with E-state index in [0.717, 1.165) is 32.6 Å². The smallest absolute Gasteiger partial charge is 0.270 e. The Morgan fingerprint density at radius 2 is 2.22 bits per heavy atom. The van der Waals surface area contributed by atoms with E-state index in [0.29, 0.717) is 17.3 Å². The SMILES string of the molecule is CN(CC1CCOCC1)C(=O)c1cc(N)cn1C. The lowest BCUT2D eigenvalue weighted by molar-refractivity contribution is 0.0494. The maximum Gasteiger partial charge on any atom is 0.270 e. The number of nitrogens with zero attached hydrogens (tertiary/aromatic N) is 2. The number of nitrogen functional groups attached to an aromatic ring is 1. The molecule has 18 heavy (non-hydrogen) atoms. The molecule has 1 amide bonds. The number of hydrogen-bond acceptors (Lipinski definition) is 3. The summed E-state index contributed by atoms with van der Waals surface area (Å²) >= 11 is 0. The van der Waals surface area contributed by atoms with Crippen LogP contribution in [0.1, 0.15) is 23.3 Å². The predicted octanol–water partition coefficient (Wildman–Crippen LogP) is 1.11. The molecule has 0 radical (unpaired) electrons. The predicted molar refractivity (Wildman–Crippen MR) is 70.3 cm³/mol. The highest BCUT2D eigenvalue weighted by molar-refractivity contribution is 5.93. The first-order valence-electron chi connectivity index (χ1n) is 6.33. The van der Waals surface area contributed by atoms with Crippen LogP contribution in [0.15, 0.2) is 12.3 Å². The van der Waals surface area contributed by atoms with Crippen molar-refractivity contribution in [1.29, 1.82) is 0 Å². The first kappa shape index (κ1) is 13.0. The number of amides is 1. The van der Waals surface area contributed by atoms with E-state index in [1.807, 2.05) is 14.1 Å². The van der Waals surface area contributed by atoms with Gasteiger partial charge in [-0.25, -0.2) is 0 Å². The molecular weight excluding hydrogens is 230 g/mol. The summed E-state index contributed by atoms with van der Waals surface area (Å²) in [5, 5.41) is 0. The van der Waals surface area contributed by atoms with Crippen molar-refractivity contribution in [1.82, 2.24) is 9.47 Å². The van der Waals surface area contributed by atoms with Gasteiger partial charge in [0.1, 0.15) is 5.69 Å². The van der Waals surface area contributed by atoms with Crippen LogP contribution in [0.3, 0.4) is 0 Å². The van der Waals surface area contributed by atoms with Crippen LogP contribution in [0.4, 0.5) is 5.69 Å². The molecule has 1 aliphatic rings. The third-order valence-electron chi connectivity index (χ3n) is 3.46. The van der Waals surface area contributed by atoms with Gasteiger partial charge >= 0.3 is 0 Å². The van der Waals surface area contributed by atoms with Gasteiger partial charge < -0.3 is 19.9 Å². The fraction of sp³-hybridized carbons (Fsp3) is 0.615. The molecule has 0 aliphatic carbocycles. The summed E-state index contributed by atoms with van der Waals surface area (Å²) < 4.78 is 7.10. The Balaban J connectivity index is 1.97. The van der Waals surface area contributed by atoms with Gasteiger partial charge in [-0.1, -0.05) is 0 Å². The Kier molecular flexibility index (Phi) is 3.91. The van der Waals surface area contributed by atoms with E-state index in [1.54, 1.807) is 21.7 Å². The highest BCUT2D eigenvalue weighted by atomic mass is 16.5. The molecule has 1 aliphatic heterocycles. The summed E-state index contributed by atoms with van der Waals surface area (Å²) in [6, 6.07) is 1.73. The largest absolute Gasteiger partial charge is 0.397 e. The number of nitrogens with two attached hydrogens (primary N) is 1. The molecule has 0 saturated carbocycles. The normalized spacial score (nSPS) is 16.8. The summed E-state index contributed by atoms with van der Waals surface area (Å²) in [6.07, 6.45) is 3.83. The van der Waals surface area contributed by atoms with Crippen LogP contribution in [0, 0.1) is 5.92 Å². The molecule has 0 spiro atoms. The van der Waals surface area contributed by atoms with Crippen molar-refractivity contribution in [2.24, 2.45) is 13.0 Å². The van der Waals surface area contributed by atoms with Gasteiger partial charge in [-0.05, 0) is 24.8 Å². The number of carbonyl (C=O) groups is 1. The second-order valence-corrected chi connectivity index (χ2v) is 5.01. The van der Waals surface area contributed by atoms with Crippen molar-refractivity contribution in [2.45, 2.75) is 12.8 Å². The molecular formula is C13H21N3O2. The van der Waals surface area contributed by atoms with Gasteiger partial charge in [-0.15, -0.1) is 0 Å². The van der Waals surface area contributed by atoms with Gasteiger partial charge in [-0.2, -0.15) is 0 Å². The van der Waals surface area contributed by atoms with E-state index in [9.17, 15) is 4.79 Å². The van der Waals surface area contributed by atoms with Crippen molar-refractivity contribution in [2.75, 3.05) is 32.5 Å². The summed E-state index contributed by atoms with van der Waals surface area (Å²) in [4.78, 5) is 14.1. The number of carbonyl (C=O) groups excluding carboxylic acids is 1. The summed E-state index contributed by atoms with van der Waals surface area (Å²) in [5.74, 6) is 0.575. The third kappa shape index (κ3) is 2.85. The number of aromatic nitrogens is 1. The second-order valence-electron chi connectivity index (χ2n) is 5.01. The Morgan fingerprint density at radius 3 is 2.78 bits per heavy atom. The zero-order valence-corrected chi connectivity index (χ0v) is 11.1. The van der Waals surface area contributed by atoms with Crippen LogP contribution in [-0.4, -0.2) is 42.2 Å². The molecule has 1 fully saturated rings. The van der Waals surface area contributed by atoms with Gasteiger partial charge in [-0.3, -0.25) is 4.79 Å². The number of aryl methyl sites for hydroxylation is 1. The second kappa shape index (κ2) is 5.44. The molecule has 0 unspecified atom stereocenters. The van der Waals surface area contributed by atoms with Crippen molar-refractivity contribution >= 4 is 11.6 Å². The quantitative estimate of drug-likeness (QED) is 0.875. The van der Waals surface area contributed by atoms with Gasteiger partial charge in [0.05, 0.1) is 5.69 Å². The van der Waals surface area contributed by atoms with E-state index in [2.05, 4.69) is 0 Å². The Bertz CT molecular complexity index is 422. The minimum absolute atomic E-state index is 0.0284. The molecule has 2 heterocycles. The molecule has 2 rings (SSSR count). The minimum Gasteiger partial charge on any atom is -0.397 e. The van der Waals surface area contributed by atoms with Crippen LogP contribution in [0.2, 0.25) is 0 Å². The van der Waals surface area contributed by atoms with Crippen molar-refractivity contribution in [3.8, 4) is 0 Å². The van der Waals surface area contributed by atoms with Gasteiger partial charge in [0.25, 0.3) is 5.91 Å². The molecule has 0 atom stereocenters. The number of hydrogen-bond donors (Lipinski definition) is 1. The highest BCUT2D eigenvalue weighted by Gasteiger charge is 2.21. The van der Waals surface area contributed by atoms with Gasteiger partial charge in [0.15, 0.2) is 0 Å². The molecule has 5 heteroatoms. The molecule has 2 N–H and O–H groups in total. The van der Waals surface area contributed by atoms with Crippen LogP contribution in [-0.2, 0) is 11.8 Å². The molecule has 5 nitrogen and oxygen atoms in total. The maximum atomic E-state index is 12.3. The lowest BCUT2D eigenvalue weighted by Crippen LogP contribution is -2.34. The highest BCUT2D eigenvalue weighted by Crippen LogP contribution is 2.17. The number of rotatable bonds is 3. The van der Waals surface area contributed by atoms with Gasteiger partial charge in [0, 0.05) is 40.1 Å². The first-order chi connectivity index (χ1) is 8.58. The summed E-state index contributed by atoms with van der Waals surface area (Å²) in [5.41, 5.74) is 6.96. The topological polar surface area (TPSA) is 60.5 Å². The average Bonchev–Trinajstić information content (AvgIpc) is 2.68. The van der Waals surface area contributed by atoms with Crippen LogP contribution < -0.4 is 5.73 Å². The average molecular weight is 251 g/mol. The third-order valence-corrected chi connectivity index (χ3v) is 3.46. The fourth-order valence-corrected chi connectivity index (χ4v) is 2.40. The van der Waals surface area contributed by atoms with E-state index >= 15 is 0 Å². The lowest BCUT2D eigenvalue weighted by atomic mass is 10.00. The Hall–Kier alpha value is -1.49. The fourth-order valence-electron chi connectivity index (χ4n) is 2.40. The zero-order chi connectivity index (χ0) is 13.1. The van der Waals surface area contributed by atoms with Crippen molar-refractivity contribution < 1.29 is 9.53 Å². The number of ether oxygens (including phenoxy) is 1. The van der Waals surface area contributed by atoms with E-state index in [-0.39, 0.29) is 5.91 Å². The Morgan fingerprint density at radius 1 is 1.56 bits per heavy atom. The summed E-state index contributed by atoms with van der Waals surface area (Å²) in [6.45, 7) is 2.40. The molecule has 0 bridgehead atoms. The zero-order valence-electron chi connectivity index (χ0n) is 11.1. The lowest BCUT2D eigenvalue weighted by Gasteiger charge is -2.27. The first-order valence-corrected chi connectivity index (χ1v) is 6.33. The van der Waals surface area contributed by atoms with Crippen molar-refractivity contribution in [3.05, 3.63) is 18.0 Å². The summed E-state index contributed by atoms with van der Waals surface area (Å²) in [7, 11) is 3.69. The van der Waals surface area contributed by atoms with Crippen LogP contribution in [0.5, 0.6) is 0 Å². The molecule has 1 aromatic heterocycles. The molecule has 1 aromatic rings. The molecule has 0 aromatic carbocycles. The molecule has 100 valence electrons. The van der Waals surface area contributed by atoms with E-state index < -0.39 is 0 Å². The van der Waals surface area contributed by atoms with E-state index in [1.165, 1.54) is 0 Å². The van der Waals surface area contributed by atoms with Crippen LogP contribution >= 0.6 is 0 Å². The molecule has 1 saturated heterocycles. The maximum absolute atomic E-state index is 12.3. The van der Waals surface area contributed by atoms with Gasteiger partial charge in [0.2, 0.25) is 0 Å². The standard InChI is InChI=1S/C13H21N3O2/c1-15-9-11(14)7-12(15)13(17)16(2)8-10-3-5-18-6-4-10/h7,9-10H,3-6,8,14H2,1-2H3. The monoisotopic (exact) mass is 251 g/mol. The van der Waals surface area contributed by atoms with E-state index in [4.69, 9.17) is 10.5 Å². The number of anilines is 1. The Labute approximate surface area is 108 Å². The van der Waals surface area contributed by atoms with Crippen molar-refractivity contribution in [3.63, 3.8) is 0 Å². The van der Waals surface area contributed by atoms with Crippen LogP contribution in [0.25, 0.3) is 0 Å². The minimum atomic E-state index is 0.0284.